The molecule has 1 aromatic heterocycles. The number of amides is 1. The number of halogens is 1. The first-order valence-electron chi connectivity index (χ1n) is 10.8. The number of rotatable bonds is 9. The second kappa shape index (κ2) is 10.9. The molecule has 1 unspecified atom stereocenters. The Labute approximate surface area is 221 Å². The van der Waals surface area contributed by atoms with Crippen molar-refractivity contribution in [3.63, 3.8) is 0 Å². The molecule has 4 aromatic rings. The summed E-state index contributed by atoms with van der Waals surface area (Å²) in [5.74, 6) is 1.10. The quantitative estimate of drug-likeness (QED) is 0.269. The molecule has 0 aliphatic carbocycles. The highest BCUT2D eigenvalue weighted by Crippen LogP contribution is 2.36. The maximum atomic E-state index is 13.4. The number of nitrogens with zero attached hydrogens (tertiary/aromatic N) is 1. The largest absolute Gasteiger partial charge is 0.493 e. The lowest BCUT2D eigenvalue weighted by molar-refractivity contribution is -0.123. The van der Waals surface area contributed by atoms with Gasteiger partial charge in [0.15, 0.2) is 26.5 Å². The number of sulfone groups is 1. The Bertz CT molecular complexity index is 1440. The summed E-state index contributed by atoms with van der Waals surface area (Å²) in [5.41, 5.74) is 1.14. The molecule has 0 fully saturated rings. The summed E-state index contributed by atoms with van der Waals surface area (Å²) in [7, 11) is -0.283. The number of carbonyl (C=O) groups is 1. The van der Waals surface area contributed by atoms with Crippen LogP contribution in [0.4, 0.5) is 5.13 Å². The number of aromatic nitrogens is 1. The molecular formula is C25H23BrN2O6S2. The fourth-order valence-electron chi connectivity index (χ4n) is 3.42. The van der Waals surface area contributed by atoms with Crippen molar-refractivity contribution in [2.24, 2.45) is 0 Å². The summed E-state index contributed by atoms with van der Waals surface area (Å²) in [6, 6.07) is 16.7. The van der Waals surface area contributed by atoms with E-state index in [0.29, 0.717) is 33.5 Å². The van der Waals surface area contributed by atoms with Gasteiger partial charge in [0, 0.05) is 22.2 Å². The molecule has 1 heterocycles. The van der Waals surface area contributed by atoms with E-state index in [0.717, 1.165) is 9.17 Å². The molecule has 3 aromatic carbocycles. The van der Waals surface area contributed by atoms with Crippen LogP contribution in [0, 0.1) is 0 Å². The van der Waals surface area contributed by atoms with Crippen molar-refractivity contribution in [1.82, 2.24) is 4.98 Å². The van der Waals surface area contributed by atoms with Crippen molar-refractivity contribution in [1.29, 1.82) is 0 Å². The highest BCUT2D eigenvalue weighted by molar-refractivity contribution is 9.10. The summed E-state index contributed by atoms with van der Waals surface area (Å²) >= 11 is 4.67. The molecule has 36 heavy (non-hydrogen) atoms. The van der Waals surface area contributed by atoms with Crippen LogP contribution in [0.1, 0.15) is 18.6 Å². The molecule has 1 atom stereocenters. The van der Waals surface area contributed by atoms with Crippen molar-refractivity contribution in [2.45, 2.75) is 17.9 Å². The number of benzene rings is 3. The lowest BCUT2D eigenvalue weighted by Gasteiger charge is -2.19. The van der Waals surface area contributed by atoms with Gasteiger partial charge in [-0.05, 0) is 36.4 Å². The molecule has 0 spiro atoms. The van der Waals surface area contributed by atoms with E-state index in [-0.39, 0.29) is 10.6 Å². The van der Waals surface area contributed by atoms with Gasteiger partial charge in [-0.2, -0.15) is 0 Å². The summed E-state index contributed by atoms with van der Waals surface area (Å²) in [4.78, 5) is 18.1. The predicted octanol–water partition coefficient (Wildman–Crippen LogP) is 5.63. The Morgan fingerprint density at radius 2 is 1.67 bits per heavy atom. The second-order valence-electron chi connectivity index (χ2n) is 7.61. The predicted molar refractivity (Wildman–Crippen MR) is 143 cm³/mol. The first kappa shape index (κ1) is 25.9. The van der Waals surface area contributed by atoms with Gasteiger partial charge in [-0.1, -0.05) is 46.3 Å². The van der Waals surface area contributed by atoms with Gasteiger partial charge in [0.05, 0.1) is 35.1 Å². The average molecular weight is 592 g/mol. The van der Waals surface area contributed by atoms with E-state index in [1.54, 1.807) is 69.7 Å². The zero-order valence-electron chi connectivity index (χ0n) is 19.6. The Morgan fingerprint density at radius 1 is 1.03 bits per heavy atom. The Kier molecular flexibility index (Phi) is 7.82. The first-order chi connectivity index (χ1) is 17.2. The molecule has 8 nitrogen and oxygen atoms in total. The summed E-state index contributed by atoms with van der Waals surface area (Å²) in [6.45, 7) is 1.58. The van der Waals surface area contributed by atoms with Crippen LogP contribution < -0.4 is 19.5 Å². The fraction of sp³-hybridized carbons (Fsp3) is 0.200. The SMILES string of the molecule is CCS(=O)(=O)c1ccc(C(Oc2ccc(Br)cc2)C(=O)Nc2nc3cc(OC)c(OC)cc3s2)cc1. The zero-order valence-corrected chi connectivity index (χ0v) is 22.9. The number of thiazole rings is 1. The van der Waals surface area contributed by atoms with Crippen LogP contribution in [0.25, 0.3) is 10.2 Å². The van der Waals surface area contributed by atoms with E-state index in [1.807, 2.05) is 0 Å². The van der Waals surface area contributed by atoms with Crippen LogP contribution in [0.3, 0.4) is 0 Å². The van der Waals surface area contributed by atoms with Gasteiger partial charge in [-0.15, -0.1) is 0 Å². The number of ether oxygens (including phenoxy) is 3. The van der Waals surface area contributed by atoms with E-state index in [1.165, 1.54) is 23.5 Å². The van der Waals surface area contributed by atoms with Gasteiger partial charge in [0.1, 0.15) is 5.75 Å². The van der Waals surface area contributed by atoms with Gasteiger partial charge >= 0.3 is 0 Å². The lowest BCUT2D eigenvalue weighted by Crippen LogP contribution is -2.25. The molecule has 0 radical (unpaired) electrons. The van der Waals surface area contributed by atoms with Gasteiger partial charge in [-0.3, -0.25) is 10.1 Å². The molecule has 0 saturated carbocycles. The molecule has 0 saturated heterocycles. The number of methoxy groups -OCH3 is 2. The second-order valence-corrected chi connectivity index (χ2v) is 11.8. The van der Waals surface area contributed by atoms with Crippen molar-refractivity contribution < 1.29 is 27.4 Å². The molecule has 0 bridgehead atoms. The Hall–Kier alpha value is -3.15. The monoisotopic (exact) mass is 590 g/mol. The first-order valence-corrected chi connectivity index (χ1v) is 14.1. The third kappa shape index (κ3) is 5.63. The number of fused-ring (bicyclic) bond motifs is 1. The van der Waals surface area contributed by atoms with Crippen LogP contribution in [0.15, 0.2) is 70.0 Å². The highest BCUT2D eigenvalue weighted by atomic mass is 79.9. The minimum Gasteiger partial charge on any atom is -0.493 e. The van der Waals surface area contributed by atoms with Crippen LogP contribution >= 0.6 is 27.3 Å². The standard InChI is InChI=1S/C25H23BrN2O6S2/c1-4-36(30,31)18-11-5-15(6-12-18)23(34-17-9-7-16(26)8-10-17)24(29)28-25-27-19-13-20(32-2)21(33-3)14-22(19)35-25/h5-14,23H,4H2,1-3H3,(H,27,28,29). The van der Waals surface area contributed by atoms with Gasteiger partial charge in [-0.25, -0.2) is 13.4 Å². The summed E-state index contributed by atoms with van der Waals surface area (Å²) in [6.07, 6.45) is -1.05. The maximum Gasteiger partial charge on any atom is 0.271 e. The third-order valence-corrected chi connectivity index (χ3v) is 8.56. The summed E-state index contributed by atoms with van der Waals surface area (Å²) < 4.78 is 42.8. The molecule has 188 valence electrons. The maximum absolute atomic E-state index is 13.4. The van der Waals surface area contributed by atoms with Gasteiger partial charge in [0.2, 0.25) is 6.10 Å². The van der Waals surface area contributed by atoms with Gasteiger partial charge in [0.25, 0.3) is 5.91 Å². The van der Waals surface area contributed by atoms with Crippen LogP contribution in [0.5, 0.6) is 17.2 Å². The molecule has 4 rings (SSSR count). The lowest BCUT2D eigenvalue weighted by atomic mass is 10.1. The van der Waals surface area contributed by atoms with Crippen molar-refractivity contribution in [3.05, 3.63) is 70.7 Å². The topological polar surface area (TPSA) is 104 Å². The number of carbonyl (C=O) groups excluding carboxylic acids is 1. The van der Waals surface area contributed by atoms with Crippen molar-refractivity contribution in [2.75, 3.05) is 25.3 Å². The third-order valence-electron chi connectivity index (χ3n) is 5.35. The van der Waals surface area contributed by atoms with Crippen LogP contribution in [-0.4, -0.2) is 39.3 Å². The fourth-order valence-corrected chi connectivity index (χ4v) is 5.45. The number of hydrogen-bond acceptors (Lipinski definition) is 8. The molecule has 1 N–H and O–H groups in total. The number of anilines is 1. The molecule has 1 amide bonds. The minimum absolute atomic E-state index is 0.0150. The molecular weight excluding hydrogens is 568 g/mol. The van der Waals surface area contributed by atoms with Crippen molar-refractivity contribution >= 4 is 58.4 Å². The van der Waals surface area contributed by atoms with Crippen LogP contribution in [-0.2, 0) is 14.6 Å². The smallest absolute Gasteiger partial charge is 0.271 e. The highest BCUT2D eigenvalue weighted by Gasteiger charge is 2.25. The minimum atomic E-state index is -3.37. The zero-order chi connectivity index (χ0) is 25.9. The Morgan fingerprint density at radius 3 is 2.28 bits per heavy atom. The number of hydrogen-bond donors (Lipinski definition) is 1. The Balaban J connectivity index is 1.65. The van der Waals surface area contributed by atoms with E-state index in [4.69, 9.17) is 14.2 Å². The molecule has 11 heteroatoms. The van der Waals surface area contributed by atoms with E-state index < -0.39 is 21.8 Å². The molecule has 0 aliphatic heterocycles. The van der Waals surface area contributed by atoms with Crippen molar-refractivity contribution in [3.8, 4) is 17.2 Å². The average Bonchev–Trinajstić information content (AvgIpc) is 3.28. The van der Waals surface area contributed by atoms with E-state index in [9.17, 15) is 13.2 Å². The summed E-state index contributed by atoms with van der Waals surface area (Å²) in [5, 5.41) is 3.20. The van der Waals surface area contributed by atoms with Crippen LogP contribution in [0.2, 0.25) is 0 Å². The van der Waals surface area contributed by atoms with Gasteiger partial charge < -0.3 is 14.2 Å². The normalized spacial score (nSPS) is 12.2. The molecule has 0 aliphatic rings. The van der Waals surface area contributed by atoms with E-state index >= 15 is 0 Å². The van der Waals surface area contributed by atoms with E-state index in [2.05, 4.69) is 26.2 Å². The number of nitrogens with one attached hydrogen (secondary N) is 1.